The molecule has 6 nitrogen and oxygen atoms in total. The number of hydrogen-bond donors (Lipinski definition) is 1. The quantitative estimate of drug-likeness (QED) is 0.906. The lowest BCUT2D eigenvalue weighted by Gasteiger charge is -2.26. The topological polar surface area (TPSA) is 71.3 Å². The van der Waals surface area contributed by atoms with E-state index in [9.17, 15) is 4.79 Å². The van der Waals surface area contributed by atoms with Crippen LogP contribution in [0.15, 0.2) is 28.8 Å². The van der Waals surface area contributed by atoms with Crippen molar-refractivity contribution >= 4 is 5.91 Å². The van der Waals surface area contributed by atoms with Crippen molar-refractivity contribution in [2.24, 2.45) is 0 Å². The monoisotopic (exact) mass is 340 g/mol. The minimum absolute atomic E-state index is 0.107. The number of rotatable bonds is 5. The molecule has 0 spiro atoms. The van der Waals surface area contributed by atoms with Crippen LogP contribution in [0.25, 0.3) is 11.4 Å². The maximum atomic E-state index is 11.3. The Kier molecular flexibility index (Phi) is 4.78. The van der Waals surface area contributed by atoms with Gasteiger partial charge in [0.05, 0.1) is 0 Å². The van der Waals surface area contributed by atoms with Gasteiger partial charge in [-0.1, -0.05) is 29.8 Å². The Morgan fingerprint density at radius 3 is 2.92 bits per heavy atom. The summed E-state index contributed by atoms with van der Waals surface area (Å²) in [6, 6.07) is 8.51. The average molecular weight is 340 g/mol. The Labute approximate surface area is 147 Å². The zero-order chi connectivity index (χ0) is 17.1. The van der Waals surface area contributed by atoms with Crippen molar-refractivity contribution in [3.05, 3.63) is 35.7 Å². The third-order valence-corrected chi connectivity index (χ3v) is 5.01. The van der Waals surface area contributed by atoms with Crippen molar-refractivity contribution in [1.82, 2.24) is 20.4 Å². The molecule has 0 radical (unpaired) electrons. The van der Waals surface area contributed by atoms with Gasteiger partial charge in [-0.15, -0.1) is 0 Å². The van der Waals surface area contributed by atoms with Crippen LogP contribution in [0.2, 0.25) is 0 Å². The highest BCUT2D eigenvalue weighted by Gasteiger charge is 2.23. The molecule has 2 fully saturated rings. The molecule has 25 heavy (non-hydrogen) atoms. The van der Waals surface area contributed by atoms with Gasteiger partial charge in [0.2, 0.25) is 17.6 Å². The van der Waals surface area contributed by atoms with E-state index in [2.05, 4.69) is 38.6 Å². The van der Waals surface area contributed by atoms with Gasteiger partial charge in [-0.2, -0.15) is 4.98 Å². The summed E-state index contributed by atoms with van der Waals surface area (Å²) >= 11 is 0. The molecule has 1 aromatic heterocycles. The normalized spacial score (nSPS) is 21.4. The van der Waals surface area contributed by atoms with Crippen molar-refractivity contribution in [3.8, 4) is 11.4 Å². The molecule has 1 atom stereocenters. The number of carbonyl (C=O) groups is 1. The van der Waals surface area contributed by atoms with Gasteiger partial charge in [-0.3, -0.25) is 9.69 Å². The summed E-state index contributed by atoms with van der Waals surface area (Å²) in [6.45, 7) is 3.35. The van der Waals surface area contributed by atoms with E-state index in [1.807, 2.05) is 6.07 Å². The molecule has 3 heterocycles. The van der Waals surface area contributed by atoms with Crippen LogP contribution in [0, 0.1) is 0 Å². The fourth-order valence-corrected chi connectivity index (χ4v) is 3.68. The molecule has 2 aromatic rings. The van der Waals surface area contributed by atoms with E-state index in [-0.39, 0.29) is 11.9 Å². The van der Waals surface area contributed by atoms with Crippen LogP contribution in [-0.4, -0.2) is 40.1 Å². The number of nitrogens with zero attached hydrogens (tertiary/aromatic N) is 3. The maximum Gasteiger partial charge on any atom is 0.229 e. The van der Waals surface area contributed by atoms with Crippen molar-refractivity contribution in [1.29, 1.82) is 0 Å². The summed E-state index contributed by atoms with van der Waals surface area (Å²) in [4.78, 5) is 18.3. The number of carbonyl (C=O) groups excluding carboxylic acids is 1. The number of benzene rings is 1. The molecule has 0 aliphatic carbocycles. The highest BCUT2D eigenvalue weighted by Crippen LogP contribution is 2.21. The molecule has 6 heteroatoms. The first kappa shape index (κ1) is 16.3. The number of amides is 1. The molecule has 2 saturated heterocycles. The maximum absolute atomic E-state index is 11.3. The molecular weight excluding hydrogens is 316 g/mol. The van der Waals surface area contributed by atoms with Gasteiger partial charge in [-0.05, 0) is 44.0 Å². The van der Waals surface area contributed by atoms with Gasteiger partial charge < -0.3 is 9.84 Å². The van der Waals surface area contributed by atoms with Gasteiger partial charge in [0.15, 0.2) is 0 Å². The fourth-order valence-electron chi connectivity index (χ4n) is 3.68. The molecule has 0 bridgehead atoms. The molecule has 1 amide bonds. The second-order valence-electron chi connectivity index (χ2n) is 7.06. The second-order valence-corrected chi connectivity index (χ2v) is 7.06. The number of nitrogens with one attached hydrogen (secondary N) is 1. The van der Waals surface area contributed by atoms with Crippen LogP contribution in [0.3, 0.4) is 0 Å². The molecule has 1 unspecified atom stereocenters. The Morgan fingerprint density at radius 1 is 1.24 bits per heavy atom. The predicted molar refractivity (Wildman–Crippen MR) is 93.7 cm³/mol. The van der Waals surface area contributed by atoms with Crippen LogP contribution in [0.4, 0.5) is 0 Å². The molecule has 2 aliphatic rings. The average Bonchev–Trinajstić information content (AvgIpc) is 3.26. The zero-order valence-corrected chi connectivity index (χ0v) is 14.4. The third kappa shape index (κ3) is 4.07. The lowest BCUT2D eigenvalue weighted by Crippen LogP contribution is -2.29. The van der Waals surface area contributed by atoms with Crippen LogP contribution in [0.1, 0.15) is 43.6 Å². The Hall–Kier alpha value is -2.21. The lowest BCUT2D eigenvalue weighted by atomic mass is 10.1. The van der Waals surface area contributed by atoms with Gasteiger partial charge >= 0.3 is 0 Å². The SMILES string of the molecule is O=C1CCC(Cc2nc(-c3cccc(CN4CCCCC4)c3)no2)N1. The Morgan fingerprint density at radius 2 is 2.12 bits per heavy atom. The minimum atomic E-state index is 0.107. The van der Waals surface area contributed by atoms with E-state index < -0.39 is 0 Å². The fraction of sp³-hybridized carbons (Fsp3) is 0.526. The Balaban J connectivity index is 1.42. The van der Waals surface area contributed by atoms with Crippen molar-refractivity contribution in [3.63, 3.8) is 0 Å². The summed E-state index contributed by atoms with van der Waals surface area (Å²) in [5, 5.41) is 7.06. The minimum Gasteiger partial charge on any atom is -0.353 e. The van der Waals surface area contributed by atoms with Gasteiger partial charge in [0.25, 0.3) is 0 Å². The molecule has 2 aliphatic heterocycles. The van der Waals surface area contributed by atoms with Crippen molar-refractivity contribution in [2.75, 3.05) is 13.1 Å². The first-order valence-electron chi connectivity index (χ1n) is 9.20. The largest absolute Gasteiger partial charge is 0.353 e. The first-order chi connectivity index (χ1) is 12.3. The van der Waals surface area contributed by atoms with E-state index in [0.29, 0.717) is 24.6 Å². The zero-order valence-electron chi connectivity index (χ0n) is 14.4. The van der Waals surface area contributed by atoms with E-state index in [1.165, 1.54) is 37.9 Å². The summed E-state index contributed by atoms with van der Waals surface area (Å²) in [6.07, 6.45) is 5.97. The summed E-state index contributed by atoms with van der Waals surface area (Å²) in [7, 11) is 0. The summed E-state index contributed by atoms with van der Waals surface area (Å²) in [5.41, 5.74) is 2.27. The molecule has 4 rings (SSSR count). The highest BCUT2D eigenvalue weighted by atomic mass is 16.5. The lowest BCUT2D eigenvalue weighted by molar-refractivity contribution is -0.119. The number of piperidine rings is 1. The van der Waals surface area contributed by atoms with Crippen LogP contribution >= 0.6 is 0 Å². The second kappa shape index (κ2) is 7.35. The van der Waals surface area contributed by atoms with E-state index in [0.717, 1.165) is 18.5 Å². The van der Waals surface area contributed by atoms with Crippen LogP contribution in [-0.2, 0) is 17.8 Å². The van der Waals surface area contributed by atoms with E-state index >= 15 is 0 Å². The van der Waals surface area contributed by atoms with Crippen LogP contribution < -0.4 is 5.32 Å². The van der Waals surface area contributed by atoms with Gasteiger partial charge in [0, 0.05) is 31.0 Å². The molecular formula is C19H24N4O2. The van der Waals surface area contributed by atoms with Gasteiger partial charge in [-0.25, -0.2) is 0 Å². The summed E-state index contributed by atoms with van der Waals surface area (Å²) < 4.78 is 5.38. The van der Waals surface area contributed by atoms with E-state index in [4.69, 9.17) is 4.52 Å². The van der Waals surface area contributed by atoms with Crippen LogP contribution in [0.5, 0.6) is 0 Å². The highest BCUT2D eigenvalue weighted by molar-refractivity contribution is 5.78. The molecule has 1 N–H and O–H groups in total. The summed E-state index contributed by atoms with van der Waals surface area (Å²) in [5.74, 6) is 1.32. The predicted octanol–water partition coefficient (Wildman–Crippen LogP) is 2.54. The third-order valence-electron chi connectivity index (χ3n) is 5.01. The van der Waals surface area contributed by atoms with E-state index in [1.54, 1.807) is 0 Å². The van der Waals surface area contributed by atoms with Gasteiger partial charge in [0.1, 0.15) is 0 Å². The number of likely N-dealkylation sites (tertiary alicyclic amines) is 1. The number of hydrogen-bond acceptors (Lipinski definition) is 5. The van der Waals surface area contributed by atoms with Crippen molar-refractivity contribution < 1.29 is 9.32 Å². The Bertz CT molecular complexity index is 737. The standard InChI is InChI=1S/C19H24N4O2/c24-17-8-7-16(20-17)12-18-21-19(22-25-18)15-6-4-5-14(11-15)13-23-9-2-1-3-10-23/h4-6,11,16H,1-3,7-10,12-13H2,(H,20,24). The molecule has 0 saturated carbocycles. The van der Waals surface area contributed by atoms with Crippen molar-refractivity contribution in [2.45, 2.75) is 51.1 Å². The first-order valence-corrected chi connectivity index (χ1v) is 9.20. The molecule has 1 aromatic carbocycles. The molecule has 132 valence electrons. The number of aromatic nitrogens is 2. The smallest absolute Gasteiger partial charge is 0.229 e.